The van der Waals surface area contributed by atoms with Gasteiger partial charge in [0.1, 0.15) is 5.70 Å². The number of hydrogen-bond acceptors (Lipinski definition) is 3. The number of rotatable bonds is 3. The van der Waals surface area contributed by atoms with Gasteiger partial charge in [-0.3, -0.25) is 0 Å². The molecule has 3 rings (SSSR count). The normalized spacial score (nSPS) is 14.0. The van der Waals surface area contributed by atoms with Crippen molar-refractivity contribution in [3.63, 3.8) is 0 Å². The van der Waals surface area contributed by atoms with Crippen LogP contribution in [0.25, 0.3) is 0 Å². The van der Waals surface area contributed by atoms with Crippen LogP contribution in [-0.2, 0) is 4.79 Å². The molecule has 4 heteroatoms. The first-order valence-electron chi connectivity index (χ1n) is 8.84. The van der Waals surface area contributed by atoms with E-state index >= 15 is 0 Å². The fraction of sp³-hybridized carbons (Fsp3) is 0.318. The highest BCUT2D eigenvalue weighted by Crippen LogP contribution is 2.36. The second kappa shape index (κ2) is 6.52. The Balaban J connectivity index is 2.10. The predicted octanol–water partition coefficient (Wildman–Crippen LogP) is 4.75. The summed E-state index contributed by atoms with van der Waals surface area (Å²) in [7, 11) is 0. The monoisotopic (exact) mass is 350 g/mol. The van der Waals surface area contributed by atoms with Gasteiger partial charge in [-0.1, -0.05) is 35.4 Å². The van der Waals surface area contributed by atoms with Crippen LogP contribution < -0.4 is 9.80 Å². The van der Waals surface area contributed by atoms with Gasteiger partial charge in [-0.05, 0) is 63.8 Å². The molecule has 0 saturated carbocycles. The summed E-state index contributed by atoms with van der Waals surface area (Å²) in [6.45, 7) is 12.9. The molecule has 0 atom stereocenters. The number of hydrogen-bond donors (Lipinski definition) is 1. The second-order valence-electron chi connectivity index (χ2n) is 7.35. The maximum absolute atomic E-state index is 11.9. The van der Waals surface area contributed by atoms with Gasteiger partial charge in [0, 0.05) is 17.6 Å². The van der Waals surface area contributed by atoms with Crippen molar-refractivity contribution in [1.82, 2.24) is 0 Å². The average Bonchev–Trinajstić information content (AvgIpc) is 2.89. The van der Waals surface area contributed by atoms with E-state index < -0.39 is 5.97 Å². The van der Waals surface area contributed by atoms with Crippen LogP contribution in [-0.4, -0.2) is 17.7 Å². The largest absolute Gasteiger partial charge is 0.477 e. The molecule has 0 amide bonds. The summed E-state index contributed by atoms with van der Waals surface area (Å²) in [6.07, 6.45) is 1.76. The number of aryl methyl sites for hydroxylation is 6. The lowest BCUT2D eigenvalue weighted by atomic mass is 10.0. The molecule has 0 bridgehead atoms. The van der Waals surface area contributed by atoms with Gasteiger partial charge in [-0.2, -0.15) is 0 Å². The standard InChI is InChI=1S/C22H26N2O2/c1-13-7-15(3)20(16(4)8-13)23-11-19(22(25)26)24(12-23)21-17(5)9-14(2)10-18(21)6/h7-11H,12H2,1-6H3,(H,25,26). The molecule has 0 aromatic heterocycles. The van der Waals surface area contributed by atoms with E-state index in [1.54, 1.807) is 6.20 Å². The summed E-state index contributed by atoms with van der Waals surface area (Å²) in [5.41, 5.74) is 9.26. The van der Waals surface area contributed by atoms with E-state index in [9.17, 15) is 9.90 Å². The molecule has 0 unspecified atom stereocenters. The first-order chi connectivity index (χ1) is 12.2. The van der Waals surface area contributed by atoms with Gasteiger partial charge in [0.05, 0.1) is 6.67 Å². The highest BCUT2D eigenvalue weighted by Gasteiger charge is 2.31. The molecule has 136 valence electrons. The van der Waals surface area contributed by atoms with Gasteiger partial charge in [-0.15, -0.1) is 0 Å². The third-order valence-corrected chi connectivity index (χ3v) is 4.91. The van der Waals surface area contributed by atoms with Crippen molar-refractivity contribution < 1.29 is 9.90 Å². The Labute approximate surface area is 155 Å². The maximum atomic E-state index is 11.9. The number of carboxylic acid groups (broad SMARTS) is 1. The molecule has 4 nitrogen and oxygen atoms in total. The van der Waals surface area contributed by atoms with E-state index in [2.05, 4.69) is 52.0 Å². The molecule has 0 fully saturated rings. The molecular weight excluding hydrogens is 324 g/mol. The highest BCUT2D eigenvalue weighted by molar-refractivity contribution is 5.94. The fourth-order valence-corrected chi connectivity index (χ4v) is 4.21. The fourth-order valence-electron chi connectivity index (χ4n) is 4.21. The van der Waals surface area contributed by atoms with Crippen LogP contribution in [0, 0.1) is 41.5 Å². The number of anilines is 2. The first kappa shape index (κ1) is 18.1. The summed E-state index contributed by atoms with van der Waals surface area (Å²) in [5.74, 6) is -0.908. The van der Waals surface area contributed by atoms with E-state index in [1.165, 1.54) is 11.1 Å². The van der Waals surface area contributed by atoms with Crippen molar-refractivity contribution in [1.29, 1.82) is 0 Å². The van der Waals surface area contributed by atoms with Gasteiger partial charge >= 0.3 is 5.97 Å². The minimum Gasteiger partial charge on any atom is -0.477 e. The lowest BCUT2D eigenvalue weighted by molar-refractivity contribution is -0.132. The van der Waals surface area contributed by atoms with Gasteiger partial charge in [0.15, 0.2) is 0 Å². The van der Waals surface area contributed by atoms with Crippen LogP contribution >= 0.6 is 0 Å². The van der Waals surface area contributed by atoms with E-state index in [0.29, 0.717) is 12.4 Å². The van der Waals surface area contributed by atoms with Crippen molar-refractivity contribution in [2.45, 2.75) is 41.5 Å². The molecule has 0 saturated heterocycles. The number of aliphatic carboxylic acids is 1. The summed E-state index contributed by atoms with van der Waals surface area (Å²) >= 11 is 0. The van der Waals surface area contributed by atoms with Crippen molar-refractivity contribution in [2.75, 3.05) is 16.5 Å². The maximum Gasteiger partial charge on any atom is 0.354 e. The van der Waals surface area contributed by atoms with Crippen LogP contribution in [0.1, 0.15) is 33.4 Å². The van der Waals surface area contributed by atoms with Crippen LogP contribution in [0.5, 0.6) is 0 Å². The highest BCUT2D eigenvalue weighted by atomic mass is 16.4. The average molecular weight is 350 g/mol. The van der Waals surface area contributed by atoms with E-state index in [4.69, 9.17) is 0 Å². The van der Waals surface area contributed by atoms with Crippen LogP contribution in [0.15, 0.2) is 36.2 Å². The Kier molecular flexibility index (Phi) is 4.53. The molecule has 1 aliphatic heterocycles. The number of carbonyl (C=O) groups is 1. The molecule has 0 spiro atoms. The van der Waals surface area contributed by atoms with E-state index in [-0.39, 0.29) is 0 Å². The third kappa shape index (κ3) is 3.07. The zero-order chi connectivity index (χ0) is 19.2. The molecule has 0 aliphatic carbocycles. The Morgan fingerprint density at radius 2 is 1.23 bits per heavy atom. The van der Waals surface area contributed by atoms with Gasteiger partial charge in [0.2, 0.25) is 0 Å². The Morgan fingerprint density at radius 3 is 1.65 bits per heavy atom. The molecule has 2 aromatic carbocycles. The minimum absolute atomic E-state index is 0.305. The summed E-state index contributed by atoms with van der Waals surface area (Å²) in [4.78, 5) is 15.9. The summed E-state index contributed by atoms with van der Waals surface area (Å²) < 4.78 is 0. The van der Waals surface area contributed by atoms with E-state index in [0.717, 1.165) is 33.6 Å². The molecule has 1 N–H and O–H groups in total. The van der Waals surface area contributed by atoms with Crippen molar-refractivity contribution in [3.8, 4) is 0 Å². The lowest BCUT2D eigenvalue weighted by Crippen LogP contribution is -2.30. The van der Waals surface area contributed by atoms with Crippen LogP contribution in [0.4, 0.5) is 11.4 Å². The van der Waals surface area contributed by atoms with Crippen LogP contribution in [0.2, 0.25) is 0 Å². The number of carboxylic acids is 1. The van der Waals surface area contributed by atoms with Crippen molar-refractivity contribution in [2.24, 2.45) is 0 Å². The zero-order valence-electron chi connectivity index (χ0n) is 16.3. The van der Waals surface area contributed by atoms with E-state index in [1.807, 2.05) is 23.6 Å². The van der Waals surface area contributed by atoms with Gasteiger partial charge < -0.3 is 14.9 Å². The Hall–Kier alpha value is -2.75. The topological polar surface area (TPSA) is 43.8 Å². The Morgan fingerprint density at radius 1 is 0.808 bits per heavy atom. The molecule has 2 aromatic rings. The van der Waals surface area contributed by atoms with Crippen molar-refractivity contribution >= 4 is 17.3 Å². The smallest absolute Gasteiger partial charge is 0.354 e. The molecule has 1 aliphatic rings. The minimum atomic E-state index is -0.908. The van der Waals surface area contributed by atoms with Gasteiger partial charge in [0.25, 0.3) is 0 Å². The molecule has 0 radical (unpaired) electrons. The molecule has 26 heavy (non-hydrogen) atoms. The summed E-state index contributed by atoms with van der Waals surface area (Å²) in [5, 5.41) is 9.79. The second-order valence-corrected chi connectivity index (χ2v) is 7.35. The predicted molar refractivity (Wildman–Crippen MR) is 107 cm³/mol. The lowest BCUT2D eigenvalue weighted by Gasteiger charge is -2.28. The molecule has 1 heterocycles. The first-order valence-corrected chi connectivity index (χ1v) is 8.84. The van der Waals surface area contributed by atoms with Crippen molar-refractivity contribution in [3.05, 3.63) is 69.5 Å². The quantitative estimate of drug-likeness (QED) is 0.868. The van der Waals surface area contributed by atoms with Gasteiger partial charge in [-0.25, -0.2) is 4.79 Å². The Bertz CT molecular complexity index is 882. The molecular formula is C22H26N2O2. The third-order valence-electron chi connectivity index (χ3n) is 4.91. The van der Waals surface area contributed by atoms with Crippen LogP contribution in [0.3, 0.4) is 0 Å². The summed E-state index contributed by atoms with van der Waals surface area (Å²) in [6, 6.07) is 8.49. The zero-order valence-corrected chi connectivity index (χ0v) is 16.3. The number of nitrogens with zero attached hydrogens (tertiary/aromatic N) is 2. The number of benzene rings is 2. The SMILES string of the molecule is Cc1cc(C)c(N2C=C(C(=O)O)N(c3c(C)cc(C)cc3C)C2)c(C)c1.